The van der Waals surface area contributed by atoms with Crippen molar-refractivity contribution in [1.82, 2.24) is 9.47 Å². The van der Waals surface area contributed by atoms with Gasteiger partial charge in [-0.05, 0) is 50.3 Å². The number of aryl methyl sites for hydroxylation is 1. The zero-order valence-corrected chi connectivity index (χ0v) is 21.7. The second-order valence-electron chi connectivity index (χ2n) is 8.68. The second-order valence-corrected chi connectivity index (χ2v) is 10.1. The van der Waals surface area contributed by atoms with Gasteiger partial charge < -0.3 is 5.11 Å². The summed E-state index contributed by atoms with van der Waals surface area (Å²) in [4.78, 5) is 19.5. The maximum atomic E-state index is 12.9. The minimum atomic E-state index is -4.02. The number of aromatic nitrogens is 1. The molecule has 0 saturated carbocycles. The van der Waals surface area contributed by atoms with E-state index in [1.54, 1.807) is 18.2 Å². The van der Waals surface area contributed by atoms with Crippen molar-refractivity contribution in [1.29, 1.82) is 0 Å². The largest absolute Gasteiger partial charge is 0.494 e. The van der Waals surface area contributed by atoms with Gasteiger partial charge in [-0.1, -0.05) is 61.9 Å². The standard InChI is InChI=1S/C21H21N3O2.C7H8O3S/c1-3-23(4-2)13-24-17-12-8-6-10-15(17)18(21(24)26)19-20(25)14-9-5-7-11-16(14)22-19;1-6-2-4-7(5-3-6)11(8,9)10/h5-12,26H,3-4,13H2,1-2H3;2-5H,1H3,(H,8,9,10). The van der Waals surface area contributed by atoms with Crippen molar-refractivity contribution in [2.75, 3.05) is 13.1 Å². The fourth-order valence-corrected chi connectivity index (χ4v) is 4.71. The molecule has 0 fully saturated rings. The lowest BCUT2D eigenvalue weighted by Crippen LogP contribution is -2.25. The van der Waals surface area contributed by atoms with Crippen molar-refractivity contribution in [3.8, 4) is 5.88 Å². The Bertz CT molecular complexity index is 1580. The fraction of sp³-hybridized carbons (Fsp3) is 0.214. The van der Waals surface area contributed by atoms with Crippen LogP contribution in [0.5, 0.6) is 5.88 Å². The molecule has 5 rings (SSSR count). The summed E-state index contributed by atoms with van der Waals surface area (Å²) in [6.45, 7) is 8.34. The summed E-state index contributed by atoms with van der Waals surface area (Å²) in [5.41, 5.74) is 3.94. The molecule has 192 valence electrons. The summed E-state index contributed by atoms with van der Waals surface area (Å²) in [6, 6.07) is 21.0. The van der Waals surface area contributed by atoms with E-state index in [0.717, 1.165) is 29.6 Å². The van der Waals surface area contributed by atoms with Gasteiger partial charge in [0.2, 0.25) is 11.7 Å². The molecule has 8 nitrogen and oxygen atoms in total. The molecule has 1 aliphatic heterocycles. The van der Waals surface area contributed by atoms with E-state index in [9.17, 15) is 18.3 Å². The van der Waals surface area contributed by atoms with Crippen LogP contribution in [0.15, 0.2) is 82.7 Å². The van der Waals surface area contributed by atoms with Gasteiger partial charge in [-0.2, -0.15) is 8.42 Å². The van der Waals surface area contributed by atoms with Crippen LogP contribution in [0.2, 0.25) is 0 Å². The summed E-state index contributed by atoms with van der Waals surface area (Å²) in [7, 11) is -4.02. The lowest BCUT2D eigenvalue weighted by molar-refractivity contribution is 0.107. The number of hydrogen-bond acceptors (Lipinski definition) is 6. The van der Waals surface area contributed by atoms with Crippen molar-refractivity contribution in [3.63, 3.8) is 0 Å². The summed E-state index contributed by atoms with van der Waals surface area (Å²) < 4.78 is 31.4. The Morgan fingerprint density at radius 3 is 2.16 bits per heavy atom. The highest BCUT2D eigenvalue weighted by Gasteiger charge is 2.31. The summed E-state index contributed by atoms with van der Waals surface area (Å²) in [5, 5.41) is 11.9. The van der Waals surface area contributed by atoms with E-state index in [1.807, 2.05) is 54.0 Å². The Kier molecular flexibility index (Phi) is 7.58. The number of rotatable bonds is 6. The number of aliphatic imine (C=N–C) groups is 1. The Hall–Kier alpha value is -3.79. The Labute approximate surface area is 216 Å². The van der Waals surface area contributed by atoms with Gasteiger partial charge in [-0.3, -0.25) is 18.8 Å². The number of benzene rings is 3. The van der Waals surface area contributed by atoms with Crippen molar-refractivity contribution in [2.24, 2.45) is 4.99 Å². The highest BCUT2D eigenvalue weighted by atomic mass is 32.2. The molecular weight excluding hydrogens is 490 g/mol. The van der Waals surface area contributed by atoms with E-state index in [-0.39, 0.29) is 16.6 Å². The SMILES string of the molecule is CCN(CC)Cn1c(O)c(C2=Nc3ccccc3C2=O)c2ccccc21.Cc1ccc(S(=O)(=O)O)cc1. The Morgan fingerprint density at radius 2 is 1.54 bits per heavy atom. The number of ketones is 1. The quantitative estimate of drug-likeness (QED) is 0.339. The molecule has 37 heavy (non-hydrogen) atoms. The van der Waals surface area contributed by atoms with Gasteiger partial charge in [-0.25, -0.2) is 4.99 Å². The average molecular weight is 520 g/mol. The maximum absolute atomic E-state index is 12.9. The molecule has 2 N–H and O–H groups in total. The number of carbonyl (C=O) groups is 1. The van der Waals surface area contributed by atoms with Gasteiger partial charge in [0.05, 0.1) is 28.3 Å². The maximum Gasteiger partial charge on any atom is 0.294 e. The number of nitrogens with zero attached hydrogens (tertiary/aromatic N) is 3. The Balaban J connectivity index is 0.000000245. The van der Waals surface area contributed by atoms with E-state index in [0.29, 0.717) is 29.2 Å². The molecule has 3 aromatic carbocycles. The normalized spacial score (nSPS) is 12.9. The first-order valence-corrected chi connectivity index (χ1v) is 13.4. The van der Waals surface area contributed by atoms with Crippen LogP contribution in [0.4, 0.5) is 5.69 Å². The third-order valence-electron chi connectivity index (χ3n) is 6.33. The first kappa shape index (κ1) is 26.3. The molecule has 0 atom stereocenters. The van der Waals surface area contributed by atoms with Crippen LogP contribution in [-0.4, -0.2) is 52.1 Å². The number of Topliss-reactive ketones (excluding diaryl/α,β-unsaturated/α-hetero) is 1. The molecule has 0 spiro atoms. The van der Waals surface area contributed by atoms with Gasteiger partial charge in [0, 0.05) is 10.9 Å². The highest BCUT2D eigenvalue weighted by molar-refractivity contribution is 7.85. The monoisotopic (exact) mass is 519 g/mol. The van der Waals surface area contributed by atoms with Gasteiger partial charge in [0.15, 0.2) is 0 Å². The lowest BCUT2D eigenvalue weighted by Gasteiger charge is -2.20. The van der Waals surface area contributed by atoms with Crippen LogP contribution in [0.3, 0.4) is 0 Å². The fourth-order valence-electron chi connectivity index (χ4n) is 4.23. The van der Waals surface area contributed by atoms with Crippen molar-refractivity contribution in [2.45, 2.75) is 32.3 Å². The van der Waals surface area contributed by atoms with Crippen molar-refractivity contribution < 1.29 is 22.9 Å². The number of aromatic hydroxyl groups is 1. The van der Waals surface area contributed by atoms with E-state index >= 15 is 0 Å². The molecule has 1 aliphatic rings. The first-order valence-electron chi connectivity index (χ1n) is 11.9. The van der Waals surface area contributed by atoms with Gasteiger partial charge in [0.1, 0.15) is 5.71 Å². The molecule has 0 unspecified atom stereocenters. The molecular formula is C28H29N3O5S. The molecule has 0 saturated heterocycles. The van der Waals surface area contributed by atoms with E-state index < -0.39 is 10.1 Å². The summed E-state index contributed by atoms with van der Waals surface area (Å²) >= 11 is 0. The van der Waals surface area contributed by atoms with Crippen LogP contribution >= 0.6 is 0 Å². The molecule has 9 heteroatoms. The lowest BCUT2D eigenvalue weighted by atomic mass is 10.0. The molecule has 0 aliphatic carbocycles. The van der Waals surface area contributed by atoms with Crippen LogP contribution in [0.25, 0.3) is 10.9 Å². The summed E-state index contributed by atoms with van der Waals surface area (Å²) in [5.74, 6) is -0.0420. The molecule has 0 radical (unpaired) electrons. The third kappa shape index (κ3) is 5.34. The van der Waals surface area contributed by atoms with E-state index in [2.05, 4.69) is 23.7 Å². The van der Waals surface area contributed by atoms with Gasteiger partial charge >= 0.3 is 0 Å². The smallest absolute Gasteiger partial charge is 0.294 e. The number of para-hydroxylation sites is 2. The van der Waals surface area contributed by atoms with E-state index in [4.69, 9.17) is 4.55 Å². The molecule has 0 bridgehead atoms. The molecule has 1 aromatic heterocycles. The molecule has 0 amide bonds. The predicted octanol–water partition coefficient (Wildman–Crippen LogP) is 5.21. The summed E-state index contributed by atoms with van der Waals surface area (Å²) in [6.07, 6.45) is 0. The van der Waals surface area contributed by atoms with Crippen LogP contribution in [0.1, 0.15) is 35.3 Å². The van der Waals surface area contributed by atoms with Gasteiger partial charge in [0.25, 0.3) is 10.1 Å². The molecule has 2 heterocycles. The number of carbonyl (C=O) groups excluding carboxylic acids is 1. The number of fused-ring (bicyclic) bond motifs is 2. The first-order chi connectivity index (χ1) is 17.7. The second kappa shape index (κ2) is 10.7. The molecule has 4 aromatic rings. The number of hydrogen-bond donors (Lipinski definition) is 2. The third-order valence-corrected chi connectivity index (χ3v) is 7.20. The van der Waals surface area contributed by atoms with Crippen molar-refractivity contribution >= 4 is 38.2 Å². The zero-order valence-electron chi connectivity index (χ0n) is 20.9. The van der Waals surface area contributed by atoms with Crippen molar-refractivity contribution in [3.05, 3.63) is 89.5 Å². The van der Waals surface area contributed by atoms with Crippen LogP contribution in [-0.2, 0) is 16.8 Å². The van der Waals surface area contributed by atoms with E-state index in [1.165, 1.54) is 12.1 Å². The van der Waals surface area contributed by atoms with Gasteiger partial charge in [-0.15, -0.1) is 0 Å². The average Bonchev–Trinajstić information content (AvgIpc) is 3.35. The minimum Gasteiger partial charge on any atom is -0.494 e. The highest BCUT2D eigenvalue weighted by Crippen LogP contribution is 2.37. The zero-order chi connectivity index (χ0) is 26.7. The minimum absolute atomic E-state index is 0.0666. The predicted molar refractivity (Wildman–Crippen MR) is 144 cm³/mol. The van der Waals surface area contributed by atoms with Crippen LogP contribution < -0.4 is 0 Å². The van der Waals surface area contributed by atoms with Crippen LogP contribution in [0, 0.1) is 6.92 Å². The topological polar surface area (TPSA) is 112 Å². The Morgan fingerprint density at radius 1 is 0.919 bits per heavy atom.